The van der Waals surface area contributed by atoms with E-state index in [1.807, 2.05) is 0 Å². The average molecular weight is 178 g/mol. The fraction of sp³-hybridized carbons (Fsp3) is 0.889. The summed E-state index contributed by atoms with van der Waals surface area (Å²) in [6.07, 6.45) is 5.82. The zero-order chi connectivity index (χ0) is 8.27. The van der Waals surface area contributed by atoms with Crippen molar-refractivity contribution in [2.24, 2.45) is 11.8 Å². The first-order valence-corrected chi connectivity index (χ1v) is 4.42. The Labute approximate surface area is 96.0 Å². The summed E-state index contributed by atoms with van der Waals surface area (Å²) in [7, 11) is 0. The maximum atomic E-state index is 10.5. The number of carbonyl (C=O) groups excluding carboxylic acids is 1. The van der Waals surface area contributed by atoms with Gasteiger partial charge in [-0.25, -0.2) is 0 Å². The number of carboxylic acid groups (broad SMARTS) is 1. The van der Waals surface area contributed by atoms with Gasteiger partial charge < -0.3 is 9.90 Å². The number of aliphatic carboxylic acids is 1. The van der Waals surface area contributed by atoms with Gasteiger partial charge in [0.15, 0.2) is 0 Å². The van der Waals surface area contributed by atoms with Crippen LogP contribution in [0.3, 0.4) is 0 Å². The van der Waals surface area contributed by atoms with Crippen molar-refractivity contribution in [1.29, 1.82) is 0 Å². The maximum Gasteiger partial charge on any atom is 1.00 e. The molecule has 0 aromatic heterocycles. The Balaban J connectivity index is 0.00000121. The predicted molar refractivity (Wildman–Crippen MR) is 40.7 cm³/mol. The Morgan fingerprint density at radius 1 is 1.33 bits per heavy atom. The van der Waals surface area contributed by atoms with Crippen molar-refractivity contribution in [2.75, 3.05) is 0 Å². The summed E-state index contributed by atoms with van der Waals surface area (Å²) in [4.78, 5) is 10.5. The minimum atomic E-state index is -0.878. The number of carboxylic acids is 1. The molecule has 3 heteroatoms. The Morgan fingerprint density at radius 3 is 2.25 bits per heavy atom. The topological polar surface area (TPSA) is 40.1 Å². The standard InChI is InChI=1S/C9H16O2.Na/c1-7(9(10)11)8-5-3-2-4-6-8;/h7-8H,2-6H2,1H3,(H,10,11);/q;+1/p-1/t7-;/m0./s1. The molecule has 1 fully saturated rings. The van der Waals surface area contributed by atoms with Gasteiger partial charge in [0.1, 0.15) is 0 Å². The van der Waals surface area contributed by atoms with Crippen molar-refractivity contribution in [1.82, 2.24) is 0 Å². The van der Waals surface area contributed by atoms with Crippen molar-refractivity contribution >= 4 is 5.97 Å². The Kier molecular flexibility index (Phi) is 6.24. The van der Waals surface area contributed by atoms with E-state index < -0.39 is 5.97 Å². The fourth-order valence-corrected chi connectivity index (χ4v) is 1.83. The largest absolute Gasteiger partial charge is 1.00 e. The van der Waals surface area contributed by atoms with Crippen molar-refractivity contribution in [3.05, 3.63) is 0 Å². The monoisotopic (exact) mass is 178 g/mol. The van der Waals surface area contributed by atoms with E-state index in [4.69, 9.17) is 0 Å². The van der Waals surface area contributed by atoms with Gasteiger partial charge in [-0.15, -0.1) is 0 Å². The van der Waals surface area contributed by atoms with Crippen LogP contribution in [0.4, 0.5) is 0 Å². The zero-order valence-corrected chi connectivity index (χ0v) is 10.0. The molecule has 0 amide bonds. The first kappa shape index (κ1) is 12.5. The van der Waals surface area contributed by atoms with Gasteiger partial charge in [-0.05, 0) is 24.7 Å². The van der Waals surface area contributed by atoms with Crippen LogP contribution in [-0.2, 0) is 4.79 Å². The van der Waals surface area contributed by atoms with Crippen LogP contribution in [0, 0.1) is 11.8 Å². The summed E-state index contributed by atoms with van der Waals surface area (Å²) >= 11 is 0. The van der Waals surface area contributed by atoms with Gasteiger partial charge in [0.2, 0.25) is 0 Å². The summed E-state index contributed by atoms with van der Waals surface area (Å²) in [5, 5.41) is 10.5. The van der Waals surface area contributed by atoms with Crippen LogP contribution in [0.15, 0.2) is 0 Å². The Bertz CT molecular complexity index is 141. The minimum absolute atomic E-state index is 0. The van der Waals surface area contributed by atoms with Crippen molar-refractivity contribution in [3.63, 3.8) is 0 Å². The molecule has 2 nitrogen and oxygen atoms in total. The summed E-state index contributed by atoms with van der Waals surface area (Å²) in [6, 6.07) is 0. The molecule has 0 saturated heterocycles. The van der Waals surface area contributed by atoms with E-state index >= 15 is 0 Å². The third-order valence-electron chi connectivity index (χ3n) is 2.73. The SMILES string of the molecule is C[C@H](C(=O)[O-])C1CCCCC1.[Na+]. The third-order valence-corrected chi connectivity index (χ3v) is 2.73. The van der Waals surface area contributed by atoms with E-state index in [1.165, 1.54) is 19.3 Å². The molecule has 1 aliphatic rings. The molecule has 12 heavy (non-hydrogen) atoms. The summed E-state index contributed by atoms with van der Waals surface area (Å²) < 4.78 is 0. The summed E-state index contributed by atoms with van der Waals surface area (Å²) in [5.41, 5.74) is 0. The Morgan fingerprint density at radius 2 is 1.83 bits per heavy atom. The van der Waals surface area contributed by atoms with Gasteiger partial charge in [-0.2, -0.15) is 0 Å². The van der Waals surface area contributed by atoms with Crippen molar-refractivity contribution in [3.8, 4) is 0 Å². The van der Waals surface area contributed by atoms with Crippen LogP contribution in [0.25, 0.3) is 0 Å². The maximum absolute atomic E-state index is 10.5. The van der Waals surface area contributed by atoms with Gasteiger partial charge >= 0.3 is 29.6 Å². The molecule has 64 valence electrons. The average Bonchev–Trinajstić information content (AvgIpc) is 2.05. The van der Waals surface area contributed by atoms with Crippen LogP contribution in [0.5, 0.6) is 0 Å². The molecule has 0 N–H and O–H groups in total. The molecule has 0 heterocycles. The minimum Gasteiger partial charge on any atom is -0.550 e. The van der Waals surface area contributed by atoms with Gasteiger partial charge in [0, 0.05) is 5.97 Å². The quantitative estimate of drug-likeness (QED) is 0.457. The van der Waals surface area contributed by atoms with E-state index in [0.29, 0.717) is 5.92 Å². The van der Waals surface area contributed by atoms with Crippen LogP contribution < -0.4 is 34.7 Å². The third kappa shape index (κ3) is 3.46. The first-order chi connectivity index (χ1) is 5.22. The van der Waals surface area contributed by atoms with E-state index in [9.17, 15) is 9.90 Å². The molecular weight excluding hydrogens is 163 g/mol. The molecule has 1 atom stereocenters. The number of rotatable bonds is 2. The van der Waals surface area contributed by atoms with Gasteiger partial charge in [-0.1, -0.05) is 26.2 Å². The molecule has 0 spiro atoms. The normalized spacial score (nSPS) is 21.1. The van der Waals surface area contributed by atoms with Crippen LogP contribution in [0.2, 0.25) is 0 Å². The van der Waals surface area contributed by atoms with E-state index in [-0.39, 0.29) is 35.5 Å². The van der Waals surface area contributed by atoms with E-state index in [1.54, 1.807) is 6.92 Å². The second-order valence-corrected chi connectivity index (χ2v) is 3.51. The molecule has 1 aliphatic carbocycles. The molecule has 0 aliphatic heterocycles. The second kappa shape index (κ2) is 6.01. The molecule has 0 radical (unpaired) electrons. The van der Waals surface area contributed by atoms with Crippen LogP contribution >= 0.6 is 0 Å². The first-order valence-electron chi connectivity index (χ1n) is 4.42. The van der Waals surface area contributed by atoms with E-state index in [2.05, 4.69) is 0 Å². The smallest absolute Gasteiger partial charge is 0.550 e. The van der Waals surface area contributed by atoms with E-state index in [0.717, 1.165) is 12.8 Å². The Hall–Kier alpha value is 0.470. The zero-order valence-electron chi connectivity index (χ0n) is 8.01. The number of carbonyl (C=O) groups is 1. The molecule has 0 aromatic rings. The second-order valence-electron chi connectivity index (χ2n) is 3.51. The van der Waals surface area contributed by atoms with Crippen molar-refractivity contribution < 1.29 is 39.5 Å². The number of hydrogen-bond acceptors (Lipinski definition) is 2. The number of hydrogen-bond donors (Lipinski definition) is 0. The van der Waals surface area contributed by atoms with Crippen LogP contribution in [0.1, 0.15) is 39.0 Å². The predicted octanol–water partition coefficient (Wildman–Crippen LogP) is -2.04. The van der Waals surface area contributed by atoms with Crippen molar-refractivity contribution in [2.45, 2.75) is 39.0 Å². The van der Waals surface area contributed by atoms with Gasteiger partial charge in [-0.3, -0.25) is 0 Å². The molecular formula is C9H15NaO2. The van der Waals surface area contributed by atoms with Crippen LogP contribution in [-0.4, -0.2) is 5.97 Å². The fourth-order valence-electron chi connectivity index (χ4n) is 1.83. The molecule has 0 bridgehead atoms. The van der Waals surface area contributed by atoms with Gasteiger partial charge in [0.25, 0.3) is 0 Å². The van der Waals surface area contributed by atoms with Gasteiger partial charge in [0.05, 0.1) is 0 Å². The molecule has 1 saturated carbocycles. The summed E-state index contributed by atoms with van der Waals surface area (Å²) in [5.74, 6) is -0.735. The summed E-state index contributed by atoms with van der Waals surface area (Å²) in [6.45, 7) is 1.77. The molecule has 1 rings (SSSR count). The molecule has 0 aromatic carbocycles. The molecule has 0 unspecified atom stereocenters.